The van der Waals surface area contributed by atoms with E-state index in [0.717, 1.165) is 35.5 Å². The number of aliphatic imine (C=N–C) groups is 2. The van der Waals surface area contributed by atoms with Gasteiger partial charge in [0.25, 0.3) is 0 Å². The predicted molar refractivity (Wildman–Crippen MR) is 114 cm³/mol. The zero-order chi connectivity index (χ0) is 19.4. The number of likely N-dealkylation sites (N-methyl/N-ethyl adjacent to an activating group) is 1. The van der Waals surface area contributed by atoms with E-state index < -0.39 is 0 Å². The SMILES string of the molecule is CN/C(=N\c1cccc(C)c1C)C1=C(N)N(C)CCC(c2ccccc2)=N1. The van der Waals surface area contributed by atoms with Gasteiger partial charge in [-0.05, 0) is 36.6 Å². The van der Waals surface area contributed by atoms with Gasteiger partial charge in [0, 0.05) is 27.1 Å². The first-order chi connectivity index (χ1) is 13.0. The summed E-state index contributed by atoms with van der Waals surface area (Å²) in [4.78, 5) is 11.8. The van der Waals surface area contributed by atoms with Crippen molar-refractivity contribution < 1.29 is 0 Å². The van der Waals surface area contributed by atoms with Crippen molar-refractivity contribution in [2.24, 2.45) is 15.7 Å². The van der Waals surface area contributed by atoms with Crippen LogP contribution in [0.15, 0.2) is 70.0 Å². The molecule has 0 saturated carbocycles. The zero-order valence-electron chi connectivity index (χ0n) is 16.5. The third kappa shape index (κ3) is 4.03. The molecule has 0 amide bonds. The van der Waals surface area contributed by atoms with E-state index in [1.165, 1.54) is 5.56 Å². The fourth-order valence-electron chi connectivity index (χ4n) is 3.04. The maximum atomic E-state index is 6.44. The lowest BCUT2D eigenvalue weighted by molar-refractivity contribution is 0.425. The molecule has 0 fully saturated rings. The first kappa shape index (κ1) is 18.7. The summed E-state index contributed by atoms with van der Waals surface area (Å²) in [6.45, 7) is 4.98. The van der Waals surface area contributed by atoms with Crippen LogP contribution in [0.5, 0.6) is 0 Å². The van der Waals surface area contributed by atoms with Gasteiger partial charge in [-0.25, -0.2) is 9.98 Å². The first-order valence-corrected chi connectivity index (χ1v) is 9.18. The fraction of sp³-hybridized carbons (Fsp3) is 0.273. The van der Waals surface area contributed by atoms with Crippen LogP contribution in [0.3, 0.4) is 0 Å². The molecule has 0 spiro atoms. The summed E-state index contributed by atoms with van der Waals surface area (Å²) in [6.07, 6.45) is 0.825. The predicted octanol–water partition coefficient (Wildman–Crippen LogP) is 3.51. The maximum Gasteiger partial charge on any atom is 0.156 e. The molecule has 0 saturated heterocycles. The largest absolute Gasteiger partial charge is 0.383 e. The van der Waals surface area contributed by atoms with Crippen LogP contribution < -0.4 is 11.1 Å². The van der Waals surface area contributed by atoms with Crippen molar-refractivity contribution in [3.8, 4) is 0 Å². The third-order valence-electron chi connectivity index (χ3n) is 4.96. The summed E-state index contributed by atoms with van der Waals surface area (Å²) < 4.78 is 0. The van der Waals surface area contributed by atoms with Gasteiger partial charge in [0.1, 0.15) is 11.5 Å². The van der Waals surface area contributed by atoms with Crippen LogP contribution in [0.4, 0.5) is 5.69 Å². The Balaban J connectivity index is 2.12. The van der Waals surface area contributed by atoms with E-state index in [-0.39, 0.29) is 0 Å². The molecule has 1 aliphatic rings. The van der Waals surface area contributed by atoms with E-state index in [1.54, 1.807) is 0 Å². The molecule has 3 rings (SSSR count). The summed E-state index contributed by atoms with van der Waals surface area (Å²) in [7, 11) is 3.84. The topological polar surface area (TPSA) is 66.0 Å². The summed E-state index contributed by atoms with van der Waals surface area (Å²) in [6, 6.07) is 16.4. The van der Waals surface area contributed by atoms with Gasteiger partial charge in [-0.15, -0.1) is 0 Å². The Bertz CT molecular complexity index is 910. The molecule has 0 bridgehead atoms. The highest BCUT2D eigenvalue weighted by molar-refractivity contribution is 6.07. The number of nitrogens with zero attached hydrogens (tertiary/aromatic N) is 3. The Kier molecular flexibility index (Phi) is 5.60. The monoisotopic (exact) mass is 361 g/mol. The van der Waals surface area contributed by atoms with E-state index in [0.29, 0.717) is 17.4 Å². The maximum absolute atomic E-state index is 6.44. The highest BCUT2D eigenvalue weighted by atomic mass is 15.2. The number of nitrogens with one attached hydrogen (secondary N) is 1. The molecule has 5 heteroatoms. The smallest absolute Gasteiger partial charge is 0.156 e. The fourth-order valence-corrected chi connectivity index (χ4v) is 3.04. The van der Waals surface area contributed by atoms with E-state index in [1.807, 2.05) is 49.3 Å². The molecule has 27 heavy (non-hydrogen) atoms. The lowest BCUT2D eigenvalue weighted by Gasteiger charge is -2.19. The second kappa shape index (κ2) is 8.08. The molecule has 5 nitrogen and oxygen atoms in total. The van der Waals surface area contributed by atoms with Crippen molar-refractivity contribution in [3.63, 3.8) is 0 Å². The average molecular weight is 361 g/mol. The minimum atomic E-state index is 0.624. The number of nitrogens with two attached hydrogens (primary N) is 1. The van der Waals surface area contributed by atoms with Crippen LogP contribution >= 0.6 is 0 Å². The molecule has 140 valence electrons. The van der Waals surface area contributed by atoms with Gasteiger partial charge in [0.15, 0.2) is 5.84 Å². The van der Waals surface area contributed by atoms with Crippen molar-refractivity contribution in [1.82, 2.24) is 10.2 Å². The minimum absolute atomic E-state index is 0.624. The summed E-state index contributed by atoms with van der Waals surface area (Å²) in [5, 5.41) is 3.20. The molecule has 1 heterocycles. The molecule has 0 radical (unpaired) electrons. The van der Waals surface area contributed by atoms with E-state index in [4.69, 9.17) is 15.7 Å². The molecule has 2 aromatic carbocycles. The van der Waals surface area contributed by atoms with Crippen molar-refractivity contribution in [3.05, 3.63) is 76.7 Å². The highest BCUT2D eigenvalue weighted by Crippen LogP contribution is 2.24. The van der Waals surface area contributed by atoms with Crippen molar-refractivity contribution >= 4 is 17.2 Å². The van der Waals surface area contributed by atoms with Crippen LogP contribution in [0.25, 0.3) is 0 Å². The Morgan fingerprint density at radius 1 is 1.11 bits per heavy atom. The number of hydrogen-bond acceptors (Lipinski definition) is 4. The number of hydrogen-bond donors (Lipinski definition) is 2. The van der Waals surface area contributed by atoms with Gasteiger partial charge in [-0.2, -0.15) is 0 Å². The number of benzene rings is 2. The summed E-state index contributed by atoms with van der Waals surface area (Å²) in [5.41, 5.74) is 12.5. The molecular weight excluding hydrogens is 334 g/mol. The standard InChI is InChI=1S/C22H27N5/c1-15-9-8-12-18(16(15)2)26-22(24-3)20-21(23)27(4)14-13-19(25-20)17-10-6-5-7-11-17/h5-12H,13-14,23H2,1-4H3,(H,24,26). The number of rotatable bonds is 3. The zero-order valence-corrected chi connectivity index (χ0v) is 16.5. The second-order valence-corrected chi connectivity index (χ2v) is 6.76. The lowest BCUT2D eigenvalue weighted by atomic mass is 10.1. The molecule has 3 N–H and O–H groups in total. The van der Waals surface area contributed by atoms with E-state index in [9.17, 15) is 0 Å². The first-order valence-electron chi connectivity index (χ1n) is 9.18. The Hall–Kier alpha value is -3.08. The van der Waals surface area contributed by atoms with Crippen LogP contribution in [0, 0.1) is 13.8 Å². The van der Waals surface area contributed by atoms with Gasteiger partial charge < -0.3 is 16.0 Å². The van der Waals surface area contributed by atoms with Crippen molar-refractivity contribution in [2.75, 3.05) is 20.6 Å². The molecular formula is C22H27N5. The van der Waals surface area contributed by atoms with E-state index in [2.05, 4.69) is 37.4 Å². The highest BCUT2D eigenvalue weighted by Gasteiger charge is 2.20. The average Bonchev–Trinajstić information content (AvgIpc) is 2.83. The summed E-state index contributed by atoms with van der Waals surface area (Å²) in [5.74, 6) is 1.29. The number of amidine groups is 1. The molecule has 0 atom stereocenters. The Morgan fingerprint density at radius 3 is 2.56 bits per heavy atom. The summed E-state index contributed by atoms with van der Waals surface area (Å²) >= 11 is 0. The van der Waals surface area contributed by atoms with Gasteiger partial charge in [-0.1, -0.05) is 42.5 Å². The Labute approximate surface area is 161 Å². The molecule has 0 unspecified atom stereocenters. The van der Waals surface area contributed by atoms with Gasteiger partial charge in [-0.3, -0.25) is 0 Å². The third-order valence-corrected chi connectivity index (χ3v) is 4.96. The molecule has 1 aliphatic heterocycles. The lowest BCUT2D eigenvalue weighted by Crippen LogP contribution is -2.30. The Morgan fingerprint density at radius 2 is 1.85 bits per heavy atom. The van der Waals surface area contributed by atoms with Crippen molar-refractivity contribution in [2.45, 2.75) is 20.3 Å². The van der Waals surface area contributed by atoms with Gasteiger partial charge in [0.2, 0.25) is 0 Å². The molecule has 0 aliphatic carbocycles. The normalized spacial score (nSPS) is 15.5. The van der Waals surface area contributed by atoms with Crippen molar-refractivity contribution in [1.29, 1.82) is 0 Å². The van der Waals surface area contributed by atoms with Crippen LogP contribution in [0.2, 0.25) is 0 Å². The quantitative estimate of drug-likeness (QED) is 0.649. The van der Waals surface area contributed by atoms with Gasteiger partial charge in [0.05, 0.1) is 11.4 Å². The molecule has 0 aromatic heterocycles. The van der Waals surface area contributed by atoms with Gasteiger partial charge >= 0.3 is 0 Å². The minimum Gasteiger partial charge on any atom is -0.383 e. The molecule has 2 aromatic rings. The number of aryl methyl sites for hydroxylation is 1. The second-order valence-electron chi connectivity index (χ2n) is 6.76. The van der Waals surface area contributed by atoms with Crippen LogP contribution in [0.1, 0.15) is 23.1 Å². The van der Waals surface area contributed by atoms with E-state index >= 15 is 0 Å². The van der Waals surface area contributed by atoms with Crippen LogP contribution in [-0.2, 0) is 0 Å². The van der Waals surface area contributed by atoms with Crippen LogP contribution in [-0.4, -0.2) is 37.1 Å².